The Kier molecular flexibility index (Phi) is 4.53. The molecule has 2 aromatic rings. The van der Waals surface area contributed by atoms with Crippen molar-refractivity contribution in [3.8, 4) is 0 Å². The molecule has 0 aromatic carbocycles. The molecule has 2 rings (SSSR count). The van der Waals surface area contributed by atoms with Crippen LogP contribution < -0.4 is 4.72 Å². The van der Waals surface area contributed by atoms with Crippen LogP contribution in [0.1, 0.15) is 4.88 Å². The quantitative estimate of drug-likeness (QED) is 0.777. The van der Waals surface area contributed by atoms with Gasteiger partial charge in [0, 0.05) is 17.6 Å². The maximum Gasteiger partial charge on any atom is 0.325 e. The minimum atomic E-state index is -3.65. The van der Waals surface area contributed by atoms with Gasteiger partial charge in [-0.05, 0) is 17.9 Å². The maximum atomic E-state index is 12.0. The SMILES string of the molecule is O=C(O)Cn1cc(S(=O)(=O)NCCc2cccs2)cn1. The Morgan fingerprint density at radius 2 is 2.30 bits per heavy atom. The van der Waals surface area contributed by atoms with Gasteiger partial charge in [-0.2, -0.15) is 5.10 Å². The summed E-state index contributed by atoms with van der Waals surface area (Å²) in [5.74, 6) is -1.08. The highest BCUT2D eigenvalue weighted by Crippen LogP contribution is 2.10. The summed E-state index contributed by atoms with van der Waals surface area (Å²) in [6, 6.07) is 3.84. The fourth-order valence-corrected chi connectivity index (χ4v) is 3.25. The summed E-state index contributed by atoms with van der Waals surface area (Å²) >= 11 is 1.56. The largest absolute Gasteiger partial charge is 0.480 e. The monoisotopic (exact) mass is 315 g/mol. The van der Waals surface area contributed by atoms with E-state index in [1.54, 1.807) is 11.3 Å². The number of rotatable bonds is 7. The first-order chi connectivity index (χ1) is 9.47. The predicted molar refractivity (Wildman–Crippen MR) is 73.1 cm³/mol. The van der Waals surface area contributed by atoms with Crippen LogP contribution in [0.2, 0.25) is 0 Å². The zero-order valence-corrected chi connectivity index (χ0v) is 12.0. The Hall–Kier alpha value is -1.71. The van der Waals surface area contributed by atoms with E-state index in [1.807, 2.05) is 17.5 Å². The Balaban J connectivity index is 1.95. The van der Waals surface area contributed by atoms with Crippen molar-refractivity contribution in [2.45, 2.75) is 17.9 Å². The van der Waals surface area contributed by atoms with E-state index in [-0.39, 0.29) is 18.0 Å². The van der Waals surface area contributed by atoms with Crippen LogP contribution >= 0.6 is 11.3 Å². The van der Waals surface area contributed by atoms with Gasteiger partial charge in [0.1, 0.15) is 11.4 Å². The Morgan fingerprint density at radius 1 is 1.50 bits per heavy atom. The number of sulfonamides is 1. The highest BCUT2D eigenvalue weighted by molar-refractivity contribution is 7.89. The van der Waals surface area contributed by atoms with Crippen molar-refractivity contribution >= 4 is 27.3 Å². The lowest BCUT2D eigenvalue weighted by Crippen LogP contribution is -2.25. The summed E-state index contributed by atoms with van der Waals surface area (Å²) in [4.78, 5) is 11.6. The van der Waals surface area contributed by atoms with Crippen molar-refractivity contribution in [2.24, 2.45) is 0 Å². The number of thiophene rings is 1. The van der Waals surface area contributed by atoms with Crippen molar-refractivity contribution in [3.63, 3.8) is 0 Å². The topological polar surface area (TPSA) is 101 Å². The van der Waals surface area contributed by atoms with E-state index >= 15 is 0 Å². The van der Waals surface area contributed by atoms with Crippen LogP contribution in [0.25, 0.3) is 0 Å². The van der Waals surface area contributed by atoms with Crippen molar-refractivity contribution in [1.29, 1.82) is 0 Å². The molecule has 108 valence electrons. The Labute approximate surface area is 119 Å². The van der Waals surface area contributed by atoms with E-state index in [9.17, 15) is 13.2 Å². The van der Waals surface area contributed by atoms with Crippen LogP contribution in [0.3, 0.4) is 0 Å². The lowest BCUT2D eigenvalue weighted by atomic mass is 10.3. The zero-order chi connectivity index (χ0) is 14.6. The van der Waals surface area contributed by atoms with E-state index in [0.29, 0.717) is 6.42 Å². The summed E-state index contributed by atoms with van der Waals surface area (Å²) in [5.41, 5.74) is 0. The van der Waals surface area contributed by atoms with Gasteiger partial charge in [-0.15, -0.1) is 11.3 Å². The molecule has 0 spiro atoms. The highest BCUT2D eigenvalue weighted by Gasteiger charge is 2.16. The summed E-state index contributed by atoms with van der Waals surface area (Å²) in [6.07, 6.45) is 2.94. The number of carbonyl (C=O) groups is 1. The van der Waals surface area contributed by atoms with Gasteiger partial charge in [-0.25, -0.2) is 13.1 Å². The molecule has 0 atom stereocenters. The number of aromatic nitrogens is 2. The van der Waals surface area contributed by atoms with E-state index in [2.05, 4.69) is 9.82 Å². The number of nitrogens with one attached hydrogen (secondary N) is 1. The average molecular weight is 315 g/mol. The molecule has 0 fully saturated rings. The molecule has 0 unspecified atom stereocenters. The molecule has 2 aromatic heterocycles. The first-order valence-electron chi connectivity index (χ1n) is 5.74. The predicted octanol–water partition coefficient (Wildman–Crippen LogP) is 0.550. The lowest BCUT2D eigenvalue weighted by molar-refractivity contribution is -0.137. The van der Waals surface area contributed by atoms with Crippen LogP contribution in [-0.4, -0.2) is 35.8 Å². The maximum absolute atomic E-state index is 12.0. The number of nitrogens with zero attached hydrogens (tertiary/aromatic N) is 2. The smallest absolute Gasteiger partial charge is 0.325 e. The highest BCUT2D eigenvalue weighted by atomic mass is 32.2. The fourth-order valence-electron chi connectivity index (χ4n) is 1.56. The van der Waals surface area contributed by atoms with Crippen molar-refractivity contribution in [2.75, 3.05) is 6.54 Å². The minimum Gasteiger partial charge on any atom is -0.480 e. The second-order valence-electron chi connectivity index (χ2n) is 3.99. The second-order valence-corrected chi connectivity index (χ2v) is 6.79. The van der Waals surface area contributed by atoms with E-state index in [0.717, 1.165) is 15.8 Å². The molecule has 9 heteroatoms. The van der Waals surface area contributed by atoms with E-state index in [4.69, 9.17) is 5.11 Å². The lowest BCUT2D eigenvalue weighted by Gasteiger charge is -2.03. The number of aliphatic carboxylic acids is 1. The third-order valence-electron chi connectivity index (χ3n) is 2.46. The Morgan fingerprint density at radius 3 is 2.95 bits per heavy atom. The minimum absolute atomic E-state index is 0.0371. The normalized spacial score (nSPS) is 11.6. The summed E-state index contributed by atoms with van der Waals surface area (Å²) in [5, 5.41) is 14.2. The number of hydrogen-bond donors (Lipinski definition) is 2. The van der Waals surface area contributed by atoms with Gasteiger partial charge < -0.3 is 5.11 Å². The first-order valence-corrected chi connectivity index (χ1v) is 8.10. The van der Waals surface area contributed by atoms with Crippen molar-refractivity contribution in [1.82, 2.24) is 14.5 Å². The van der Waals surface area contributed by atoms with Crippen molar-refractivity contribution in [3.05, 3.63) is 34.8 Å². The molecule has 0 bridgehead atoms. The van der Waals surface area contributed by atoms with Gasteiger partial charge in [0.15, 0.2) is 0 Å². The number of carboxylic acid groups (broad SMARTS) is 1. The van der Waals surface area contributed by atoms with Gasteiger partial charge in [-0.1, -0.05) is 6.07 Å². The second kappa shape index (κ2) is 6.16. The van der Waals surface area contributed by atoms with Gasteiger partial charge in [0.05, 0.1) is 6.20 Å². The van der Waals surface area contributed by atoms with Gasteiger partial charge in [0.2, 0.25) is 10.0 Å². The summed E-state index contributed by atoms with van der Waals surface area (Å²) in [6.45, 7) is -0.0856. The molecular formula is C11H13N3O4S2. The molecule has 20 heavy (non-hydrogen) atoms. The molecule has 7 nitrogen and oxygen atoms in total. The van der Waals surface area contributed by atoms with E-state index in [1.165, 1.54) is 6.20 Å². The summed E-state index contributed by atoms with van der Waals surface area (Å²) < 4.78 is 27.4. The average Bonchev–Trinajstić information content (AvgIpc) is 2.99. The molecule has 0 aliphatic carbocycles. The van der Waals surface area contributed by atoms with Crippen LogP contribution in [-0.2, 0) is 27.8 Å². The molecule has 0 saturated heterocycles. The van der Waals surface area contributed by atoms with Crippen LogP contribution in [0.5, 0.6) is 0 Å². The molecular weight excluding hydrogens is 302 g/mol. The third kappa shape index (κ3) is 3.89. The molecule has 0 saturated carbocycles. The summed E-state index contributed by atoms with van der Waals surface area (Å²) in [7, 11) is -3.65. The van der Waals surface area contributed by atoms with Gasteiger partial charge >= 0.3 is 5.97 Å². The molecule has 0 aliphatic heterocycles. The van der Waals surface area contributed by atoms with Crippen LogP contribution in [0, 0.1) is 0 Å². The molecule has 0 amide bonds. The molecule has 0 aliphatic rings. The Bertz CT molecular complexity index is 676. The first kappa shape index (κ1) is 14.7. The molecule has 2 N–H and O–H groups in total. The van der Waals surface area contributed by atoms with Gasteiger partial charge in [0.25, 0.3) is 0 Å². The van der Waals surface area contributed by atoms with Crippen LogP contribution in [0.15, 0.2) is 34.8 Å². The van der Waals surface area contributed by atoms with Crippen LogP contribution in [0.4, 0.5) is 0 Å². The zero-order valence-electron chi connectivity index (χ0n) is 10.4. The van der Waals surface area contributed by atoms with Gasteiger partial charge in [-0.3, -0.25) is 9.48 Å². The number of hydrogen-bond acceptors (Lipinski definition) is 5. The fraction of sp³-hybridized carbons (Fsp3) is 0.273. The third-order valence-corrected chi connectivity index (χ3v) is 4.81. The molecule has 2 heterocycles. The standard InChI is InChI=1S/C11H13N3O4S2/c15-11(16)8-14-7-10(6-12-14)20(17,18)13-4-3-9-2-1-5-19-9/h1-2,5-7,13H,3-4,8H2,(H,15,16). The number of carboxylic acids is 1. The van der Waals surface area contributed by atoms with E-state index < -0.39 is 16.0 Å². The van der Waals surface area contributed by atoms with Crippen molar-refractivity contribution < 1.29 is 18.3 Å². The molecule has 0 radical (unpaired) electrons.